The van der Waals surface area contributed by atoms with Crippen LogP contribution in [0.1, 0.15) is 31.4 Å². The molecule has 0 heterocycles. The van der Waals surface area contributed by atoms with E-state index >= 15 is 0 Å². The number of aromatic hydroxyl groups is 1. The SMILES string of the molecule is CCC.Cc1ccc2cc(O)c(C)cc2c1. The van der Waals surface area contributed by atoms with Gasteiger partial charge in [-0.1, -0.05) is 44.0 Å². The van der Waals surface area contributed by atoms with E-state index in [9.17, 15) is 5.11 Å². The van der Waals surface area contributed by atoms with Crippen LogP contribution in [-0.4, -0.2) is 5.11 Å². The maximum atomic E-state index is 9.49. The number of aryl methyl sites for hydroxylation is 2. The molecule has 1 nitrogen and oxygen atoms in total. The zero-order valence-corrected chi connectivity index (χ0v) is 10.5. The molecule has 0 atom stereocenters. The number of phenolic OH excluding ortho intramolecular Hbond substituents is 1. The number of rotatable bonds is 0. The summed E-state index contributed by atoms with van der Waals surface area (Å²) in [7, 11) is 0. The third-order valence-electron chi connectivity index (χ3n) is 2.31. The molecule has 0 amide bonds. The fraction of sp³-hybridized carbons (Fsp3) is 0.333. The van der Waals surface area contributed by atoms with Crippen LogP contribution in [0, 0.1) is 13.8 Å². The van der Waals surface area contributed by atoms with Crippen LogP contribution in [0.2, 0.25) is 0 Å². The Kier molecular flexibility index (Phi) is 4.36. The highest BCUT2D eigenvalue weighted by atomic mass is 16.3. The fourth-order valence-electron chi connectivity index (χ4n) is 1.52. The van der Waals surface area contributed by atoms with E-state index in [-0.39, 0.29) is 0 Å². The highest BCUT2D eigenvalue weighted by Crippen LogP contribution is 2.24. The van der Waals surface area contributed by atoms with E-state index in [4.69, 9.17) is 0 Å². The average molecular weight is 216 g/mol. The van der Waals surface area contributed by atoms with Gasteiger partial charge in [0.1, 0.15) is 5.75 Å². The highest BCUT2D eigenvalue weighted by Gasteiger charge is 1.99. The summed E-state index contributed by atoms with van der Waals surface area (Å²) in [6, 6.07) is 10.0. The standard InChI is InChI=1S/C12H12O.C3H8/c1-8-3-4-10-7-12(13)9(2)6-11(10)5-8;1-3-2/h3-7,13H,1-2H3;3H2,1-2H3. The van der Waals surface area contributed by atoms with Crippen molar-refractivity contribution in [3.05, 3.63) is 41.5 Å². The van der Waals surface area contributed by atoms with Gasteiger partial charge < -0.3 is 5.11 Å². The largest absolute Gasteiger partial charge is 0.508 e. The van der Waals surface area contributed by atoms with Crippen molar-refractivity contribution in [1.29, 1.82) is 0 Å². The second kappa shape index (κ2) is 5.55. The van der Waals surface area contributed by atoms with Crippen LogP contribution in [-0.2, 0) is 0 Å². The third-order valence-corrected chi connectivity index (χ3v) is 2.31. The summed E-state index contributed by atoms with van der Waals surface area (Å²) < 4.78 is 0. The van der Waals surface area contributed by atoms with E-state index in [0.29, 0.717) is 5.75 Å². The summed E-state index contributed by atoms with van der Waals surface area (Å²) in [6.07, 6.45) is 1.25. The molecule has 0 unspecified atom stereocenters. The molecule has 86 valence electrons. The molecule has 0 saturated carbocycles. The Bertz CT molecular complexity index is 472. The lowest BCUT2D eigenvalue weighted by Gasteiger charge is -2.03. The first-order chi connectivity index (χ1) is 7.58. The number of fused-ring (bicyclic) bond motifs is 1. The molecule has 0 bridgehead atoms. The molecule has 2 aromatic carbocycles. The van der Waals surface area contributed by atoms with Crippen LogP contribution in [0.15, 0.2) is 30.3 Å². The lowest BCUT2D eigenvalue weighted by molar-refractivity contribution is 0.472. The molecule has 16 heavy (non-hydrogen) atoms. The van der Waals surface area contributed by atoms with Gasteiger partial charge in [0, 0.05) is 0 Å². The Morgan fingerprint density at radius 1 is 0.938 bits per heavy atom. The molecule has 0 aliphatic rings. The van der Waals surface area contributed by atoms with Gasteiger partial charge in [0.2, 0.25) is 0 Å². The van der Waals surface area contributed by atoms with Crippen molar-refractivity contribution in [2.45, 2.75) is 34.1 Å². The molecular formula is C15H20O. The monoisotopic (exact) mass is 216 g/mol. The minimum Gasteiger partial charge on any atom is -0.508 e. The summed E-state index contributed by atoms with van der Waals surface area (Å²) >= 11 is 0. The zero-order chi connectivity index (χ0) is 12.1. The Hall–Kier alpha value is -1.50. The quantitative estimate of drug-likeness (QED) is 0.683. The molecule has 2 aromatic rings. The van der Waals surface area contributed by atoms with Gasteiger partial charge in [0.25, 0.3) is 0 Å². The van der Waals surface area contributed by atoms with Gasteiger partial charge in [0.15, 0.2) is 0 Å². The molecule has 2 rings (SSSR count). The predicted molar refractivity (Wildman–Crippen MR) is 71.1 cm³/mol. The van der Waals surface area contributed by atoms with E-state index < -0.39 is 0 Å². The van der Waals surface area contributed by atoms with Crippen molar-refractivity contribution in [3.8, 4) is 5.75 Å². The van der Waals surface area contributed by atoms with Gasteiger partial charge in [-0.2, -0.15) is 0 Å². The summed E-state index contributed by atoms with van der Waals surface area (Å²) in [6.45, 7) is 8.23. The van der Waals surface area contributed by atoms with Gasteiger partial charge >= 0.3 is 0 Å². The molecule has 0 aromatic heterocycles. The molecule has 0 aliphatic heterocycles. The molecule has 1 heteroatoms. The van der Waals surface area contributed by atoms with Gasteiger partial charge in [-0.25, -0.2) is 0 Å². The van der Waals surface area contributed by atoms with E-state index in [1.165, 1.54) is 17.4 Å². The molecule has 0 aliphatic carbocycles. The minimum absolute atomic E-state index is 0.372. The lowest BCUT2D eigenvalue weighted by Crippen LogP contribution is -1.79. The molecule has 1 N–H and O–H groups in total. The number of benzene rings is 2. The topological polar surface area (TPSA) is 20.2 Å². The Morgan fingerprint density at radius 3 is 2.19 bits per heavy atom. The van der Waals surface area contributed by atoms with Crippen molar-refractivity contribution >= 4 is 10.8 Å². The van der Waals surface area contributed by atoms with Gasteiger partial charge in [-0.15, -0.1) is 0 Å². The average Bonchev–Trinajstić information content (AvgIpc) is 2.21. The zero-order valence-electron chi connectivity index (χ0n) is 10.5. The molecule has 0 radical (unpaired) electrons. The fourth-order valence-corrected chi connectivity index (χ4v) is 1.52. The summed E-state index contributed by atoms with van der Waals surface area (Å²) in [5.41, 5.74) is 2.18. The molecule has 0 fully saturated rings. The van der Waals surface area contributed by atoms with Crippen molar-refractivity contribution in [2.24, 2.45) is 0 Å². The smallest absolute Gasteiger partial charge is 0.119 e. The van der Waals surface area contributed by atoms with Crippen LogP contribution in [0.25, 0.3) is 10.8 Å². The van der Waals surface area contributed by atoms with Crippen molar-refractivity contribution in [2.75, 3.05) is 0 Å². The third kappa shape index (κ3) is 2.99. The first-order valence-corrected chi connectivity index (χ1v) is 5.78. The highest BCUT2D eigenvalue weighted by molar-refractivity contribution is 5.85. The van der Waals surface area contributed by atoms with Crippen molar-refractivity contribution in [3.63, 3.8) is 0 Å². The van der Waals surface area contributed by atoms with E-state index in [0.717, 1.165) is 10.9 Å². The van der Waals surface area contributed by atoms with Crippen LogP contribution in [0.5, 0.6) is 5.75 Å². The molecular weight excluding hydrogens is 196 g/mol. The van der Waals surface area contributed by atoms with Crippen LogP contribution in [0.3, 0.4) is 0 Å². The van der Waals surface area contributed by atoms with Gasteiger partial charge in [-0.3, -0.25) is 0 Å². The Balaban J connectivity index is 0.000000386. The van der Waals surface area contributed by atoms with Crippen molar-refractivity contribution in [1.82, 2.24) is 0 Å². The molecule has 0 saturated heterocycles. The summed E-state index contributed by atoms with van der Waals surface area (Å²) in [5.74, 6) is 0.372. The second-order valence-corrected chi connectivity index (χ2v) is 4.20. The number of phenols is 1. The van der Waals surface area contributed by atoms with Crippen LogP contribution in [0.4, 0.5) is 0 Å². The maximum Gasteiger partial charge on any atom is 0.119 e. The Morgan fingerprint density at radius 2 is 1.56 bits per heavy atom. The van der Waals surface area contributed by atoms with Crippen molar-refractivity contribution < 1.29 is 5.11 Å². The summed E-state index contributed by atoms with van der Waals surface area (Å²) in [5, 5.41) is 11.8. The Labute approximate surface area is 97.7 Å². The second-order valence-electron chi connectivity index (χ2n) is 4.20. The van der Waals surface area contributed by atoms with E-state index in [1.54, 1.807) is 0 Å². The van der Waals surface area contributed by atoms with E-state index in [1.807, 2.05) is 25.1 Å². The first kappa shape index (κ1) is 12.6. The number of hydrogen-bond donors (Lipinski definition) is 1. The predicted octanol–water partition coefficient (Wildman–Crippen LogP) is 4.58. The van der Waals surface area contributed by atoms with Gasteiger partial charge in [0.05, 0.1) is 0 Å². The maximum absolute atomic E-state index is 9.49. The normalized spacial score (nSPS) is 9.75. The minimum atomic E-state index is 0.372. The number of hydrogen-bond acceptors (Lipinski definition) is 1. The lowest BCUT2D eigenvalue weighted by atomic mass is 10.0. The van der Waals surface area contributed by atoms with Crippen LogP contribution >= 0.6 is 0 Å². The first-order valence-electron chi connectivity index (χ1n) is 5.78. The van der Waals surface area contributed by atoms with E-state index in [2.05, 4.69) is 32.9 Å². The summed E-state index contributed by atoms with van der Waals surface area (Å²) in [4.78, 5) is 0. The van der Waals surface area contributed by atoms with Crippen LogP contribution < -0.4 is 0 Å². The van der Waals surface area contributed by atoms with Gasteiger partial charge in [-0.05, 0) is 42.3 Å². The molecule has 0 spiro atoms.